The van der Waals surface area contributed by atoms with E-state index in [1.165, 1.54) is 6.07 Å². The predicted molar refractivity (Wildman–Crippen MR) is 43.8 cm³/mol. The van der Waals surface area contributed by atoms with E-state index in [0.717, 1.165) is 5.56 Å². The SMILES string of the molecule is Cc1ccc(F)c(Br)c1Cl. The fourth-order valence-electron chi connectivity index (χ4n) is 0.622. The first-order chi connectivity index (χ1) is 4.63. The monoisotopic (exact) mass is 222 g/mol. The smallest absolute Gasteiger partial charge is 0.138 e. The van der Waals surface area contributed by atoms with E-state index in [0.29, 0.717) is 9.50 Å². The summed E-state index contributed by atoms with van der Waals surface area (Å²) in [6.07, 6.45) is 0. The van der Waals surface area contributed by atoms with Crippen molar-refractivity contribution in [1.82, 2.24) is 0 Å². The van der Waals surface area contributed by atoms with Gasteiger partial charge < -0.3 is 0 Å². The van der Waals surface area contributed by atoms with Crippen LogP contribution in [0.1, 0.15) is 5.56 Å². The highest BCUT2D eigenvalue weighted by Crippen LogP contribution is 2.27. The third-order valence-electron chi connectivity index (χ3n) is 1.23. The van der Waals surface area contributed by atoms with Crippen molar-refractivity contribution < 1.29 is 4.39 Å². The molecular weight excluding hydrogens is 218 g/mol. The first-order valence-electron chi connectivity index (χ1n) is 2.73. The van der Waals surface area contributed by atoms with Crippen LogP contribution in [0.15, 0.2) is 16.6 Å². The summed E-state index contributed by atoms with van der Waals surface area (Å²) in [5, 5.41) is 0.444. The Morgan fingerprint density at radius 1 is 1.50 bits per heavy atom. The Morgan fingerprint density at radius 2 is 2.10 bits per heavy atom. The Balaban J connectivity index is 3.34. The van der Waals surface area contributed by atoms with Gasteiger partial charge in [0.2, 0.25) is 0 Å². The molecule has 3 heteroatoms. The fraction of sp³-hybridized carbons (Fsp3) is 0.143. The third-order valence-corrected chi connectivity index (χ3v) is 2.72. The van der Waals surface area contributed by atoms with Gasteiger partial charge in [0.05, 0.1) is 9.50 Å². The number of hydrogen-bond donors (Lipinski definition) is 0. The van der Waals surface area contributed by atoms with Crippen LogP contribution in [-0.2, 0) is 0 Å². The van der Waals surface area contributed by atoms with E-state index >= 15 is 0 Å². The van der Waals surface area contributed by atoms with E-state index < -0.39 is 0 Å². The molecular formula is C7H5BrClF. The Morgan fingerprint density at radius 3 is 2.60 bits per heavy atom. The summed E-state index contributed by atoms with van der Waals surface area (Å²) in [6, 6.07) is 3.02. The van der Waals surface area contributed by atoms with E-state index in [4.69, 9.17) is 11.6 Å². The maximum absolute atomic E-state index is 12.6. The summed E-state index contributed by atoms with van der Waals surface area (Å²) >= 11 is 8.72. The van der Waals surface area contributed by atoms with E-state index in [1.54, 1.807) is 6.07 Å². The van der Waals surface area contributed by atoms with Crippen LogP contribution in [0.2, 0.25) is 5.02 Å². The molecule has 1 aromatic carbocycles. The number of rotatable bonds is 0. The highest BCUT2D eigenvalue weighted by atomic mass is 79.9. The lowest BCUT2D eigenvalue weighted by atomic mass is 10.2. The molecule has 0 amide bonds. The second kappa shape index (κ2) is 2.89. The Labute approximate surface area is 72.1 Å². The van der Waals surface area contributed by atoms with E-state index in [9.17, 15) is 4.39 Å². The van der Waals surface area contributed by atoms with Gasteiger partial charge in [0.25, 0.3) is 0 Å². The molecule has 0 bridgehead atoms. The van der Waals surface area contributed by atoms with Crippen LogP contribution in [0.4, 0.5) is 4.39 Å². The second-order valence-electron chi connectivity index (χ2n) is 1.99. The summed E-state index contributed by atoms with van der Waals surface area (Å²) in [5.41, 5.74) is 0.870. The van der Waals surface area contributed by atoms with Crippen LogP contribution >= 0.6 is 27.5 Å². The topological polar surface area (TPSA) is 0 Å². The molecule has 10 heavy (non-hydrogen) atoms. The molecule has 0 N–H and O–H groups in total. The second-order valence-corrected chi connectivity index (χ2v) is 3.16. The van der Waals surface area contributed by atoms with Crippen LogP contribution in [-0.4, -0.2) is 0 Å². The van der Waals surface area contributed by atoms with Gasteiger partial charge in [-0.3, -0.25) is 0 Å². The van der Waals surface area contributed by atoms with Crippen LogP contribution < -0.4 is 0 Å². The zero-order chi connectivity index (χ0) is 7.72. The van der Waals surface area contributed by atoms with Gasteiger partial charge >= 0.3 is 0 Å². The molecule has 0 aromatic heterocycles. The number of hydrogen-bond acceptors (Lipinski definition) is 0. The normalized spacial score (nSPS) is 10.0. The Hall–Kier alpha value is -0.0800. The van der Waals surface area contributed by atoms with Crippen molar-refractivity contribution in [3.8, 4) is 0 Å². The van der Waals surface area contributed by atoms with Gasteiger partial charge in [0.15, 0.2) is 0 Å². The molecule has 0 saturated heterocycles. The van der Waals surface area contributed by atoms with Gasteiger partial charge in [0, 0.05) is 0 Å². The van der Waals surface area contributed by atoms with Crippen molar-refractivity contribution in [3.05, 3.63) is 33.0 Å². The van der Waals surface area contributed by atoms with Crippen molar-refractivity contribution in [3.63, 3.8) is 0 Å². The number of benzene rings is 1. The molecule has 0 aliphatic heterocycles. The number of halogens is 3. The first-order valence-corrected chi connectivity index (χ1v) is 3.90. The Kier molecular flexibility index (Phi) is 2.32. The van der Waals surface area contributed by atoms with E-state index in [-0.39, 0.29) is 5.82 Å². The molecule has 0 unspecified atom stereocenters. The van der Waals surface area contributed by atoms with Gasteiger partial charge in [-0.15, -0.1) is 0 Å². The maximum Gasteiger partial charge on any atom is 0.138 e. The van der Waals surface area contributed by atoms with Crippen LogP contribution in [0.3, 0.4) is 0 Å². The van der Waals surface area contributed by atoms with Crippen LogP contribution in [0.25, 0.3) is 0 Å². The predicted octanol–water partition coefficient (Wildman–Crippen LogP) is 3.55. The zero-order valence-corrected chi connectivity index (χ0v) is 7.63. The summed E-state index contributed by atoms with van der Waals surface area (Å²) in [7, 11) is 0. The van der Waals surface area contributed by atoms with Crippen LogP contribution in [0, 0.1) is 12.7 Å². The summed E-state index contributed by atoms with van der Waals surface area (Å²) in [5.74, 6) is -0.324. The van der Waals surface area contributed by atoms with Gasteiger partial charge in [0.1, 0.15) is 5.82 Å². The number of aryl methyl sites for hydroxylation is 1. The fourth-order valence-corrected chi connectivity index (χ4v) is 1.22. The molecule has 0 spiro atoms. The molecule has 0 saturated carbocycles. The average molecular weight is 223 g/mol. The molecule has 0 heterocycles. The van der Waals surface area contributed by atoms with Crippen molar-refractivity contribution in [1.29, 1.82) is 0 Å². The quantitative estimate of drug-likeness (QED) is 0.590. The highest BCUT2D eigenvalue weighted by Gasteiger charge is 2.04. The van der Waals surface area contributed by atoms with Crippen molar-refractivity contribution >= 4 is 27.5 Å². The molecule has 1 aromatic rings. The molecule has 0 nitrogen and oxygen atoms in total. The summed E-state index contributed by atoms with van der Waals surface area (Å²) in [4.78, 5) is 0. The molecule has 0 atom stereocenters. The third kappa shape index (κ3) is 1.32. The van der Waals surface area contributed by atoms with Gasteiger partial charge in [-0.25, -0.2) is 4.39 Å². The van der Waals surface area contributed by atoms with Crippen molar-refractivity contribution in [2.24, 2.45) is 0 Å². The lowest BCUT2D eigenvalue weighted by Gasteiger charge is -1.99. The lowest BCUT2D eigenvalue weighted by molar-refractivity contribution is 0.621. The standard InChI is InChI=1S/C7H5BrClF/c1-4-2-3-5(10)6(8)7(4)9/h2-3H,1H3. The summed E-state index contributed by atoms with van der Waals surface area (Å²) in [6.45, 7) is 1.83. The summed E-state index contributed by atoms with van der Waals surface area (Å²) < 4.78 is 13.0. The zero-order valence-electron chi connectivity index (χ0n) is 5.29. The van der Waals surface area contributed by atoms with Gasteiger partial charge in [-0.1, -0.05) is 17.7 Å². The largest absolute Gasteiger partial charge is 0.206 e. The van der Waals surface area contributed by atoms with Crippen LogP contribution in [0.5, 0.6) is 0 Å². The van der Waals surface area contributed by atoms with Crippen molar-refractivity contribution in [2.45, 2.75) is 6.92 Å². The molecule has 0 radical (unpaired) electrons. The Bertz CT molecular complexity index is 233. The minimum absolute atomic E-state index is 0.324. The molecule has 1 rings (SSSR count). The maximum atomic E-state index is 12.6. The molecule has 54 valence electrons. The first kappa shape index (κ1) is 8.02. The molecule has 0 aliphatic carbocycles. The lowest BCUT2D eigenvalue weighted by Crippen LogP contribution is -1.81. The minimum Gasteiger partial charge on any atom is -0.206 e. The van der Waals surface area contributed by atoms with Crippen molar-refractivity contribution in [2.75, 3.05) is 0 Å². The molecule has 0 fully saturated rings. The van der Waals surface area contributed by atoms with E-state index in [2.05, 4.69) is 15.9 Å². The van der Waals surface area contributed by atoms with Gasteiger partial charge in [-0.2, -0.15) is 0 Å². The molecule has 0 aliphatic rings. The van der Waals surface area contributed by atoms with Gasteiger partial charge in [-0.05, 0) is 34.5 Å². The minimum atomic E-state index is -0.324. The highest BCUT2D eigenvalue weighted by molar-refractivity contribution is 9.10. The average Bonchev–Trinajstić information content (AvgIpc) is 1.93. The van der Waals surface area contributed by atoms with E-state index in [1.807, 2.05) is 6.92 Å².